The maximum atomic E-state index is 12.9. The molecular weight excluding hydrogens is 363 g/mol. The first-order valence-electron chi connectivity index (χ1n) is 8.97. The fourth-order valence-electron chi connectivity index (χ4n) is 2.92. The highest BCUT2D eigenvalue weighted by Crippen LogP contribution is 2.46. The molecule has 0 bridgehead atoms. The number of hydrogen-bond acceptors (Lipinski definition) is 4. The van der Waals surface area contributed by atoms with Gasteiger partial charge in [0.2, 0.25) is 11.8 Å². The third-order valence-corrected chi connectivity index (χ3v) is 4.77. The summed E-state index contributed by atoms with van der Waals surface area (Å²) < 4.78 is 17.6. The van der Waals surface area contributed by atoms with Crippen LogP contribution in [0.25, 0.3) is 0 Å². The van der Waals surface area contributed by atoms with E-state index < -0.39 is 17.3 Å². The number of benzene rings is 2. The molecular formula is C21H21FN2O4. The molecule has 2 amide bonds. The minimum Gasteiger partial charge on any atom is -0.465 e. The lowest BCUT2D eigenvalue weighted by Crippen LogP contribution is -2.40. The molecule has 6 nitrogen and oxygen atoms in total. The molecule has 2 aromatic carbocycles. The van der Waals surface area contributed by atoms with Crippen LogP contribution in [0.3, 0.4) is 0 Å². The predicted octanol–water partition coefficient (Wildman–Crippen LogP) is 2.69. The molecule has 3 rings (SSSR count). The molecule has 0 unspecified atom stereocenters. The molecule has 0 aromatic heterocycles. The fourth-order valence-corrected chi connectivity index (χ4v) is 2.92. The van der Waals surface area contributed by atoms with Crippen molar-refractivity contribution in [2.45, 2.75) is 19.3 Å². The van der Waals surface area contributed by atoms with Crippen molar-refractivity contribution in [2.24, 2.45) is 5.41 Å². The zero-order valence-corrected chi connectivity index (χ0v) is 15.5. The molecule has 146 valence electrons. The predicted molar refractivity (Wildman–Crippen MR) is 101 cm³/mol. The number of carbonyl (C=O) groups is 3. The number of hydrogen-bond donors (Lipinski definition) is 2. The SMILES string of the molecule is COC(=O)c1cccc(NC(=O)C2(C(=O)NCCc3ccc(F)cc3)CC2)c1. The summed E-state index contributed by atoms with van der Waals surface area (Å²) in [5.41, 5.74) is 0.562. The molecule has 1 aliphatic carbocycles. The van der Waals surface area contributed by atoms with Crippen molar-refractivity contribution in [3.8, 4) is 0 Å². The Morgan fingerprint density at radius 3 is 2.43 bits per heavy atom. The van der Waals surface area contributed by atoms with Gasteiger partial charge in [0.05, 0.1) is 12.7 Å². The summed E-state index contributed by atoms with van der Waals surface area (Å²) in [6.45, 7) is 0.358. The first kappa shape index (κ1) is 19.5. The minimum absolute atomic E-state index is 0.308. The molecule has 0 heterocycles. The molecule has 1 fully saturated rings. The first-order chi connectivity index (χ1) is 13.4. The van der Waals surface area contributed by atoms with Crippen molar-refractivity contribution in [2.75, 3.05) is 19.0 Å². The van der Waals surface area contributed by atoms with Gasteiger partial charge >= 0.3 is 5.97 Å². The van der Waals surface area contributed by atoms with Gasteiger partial charge in [-0.1, -0.05) is 18.2 Å². The number of amides is 2. The van der Waals surface area contributed by atoms with Crippen molar-refractivity contribution in [1.82, 2.24) is 5.32 Å². The Balaban J connectivity index is 1.56. The molecule has 28 heavy (non-hydrogen) atoms. The molecule has 1 saturated carbocycles. The molecule has 0 radical (unpaired) electrons. The maximum absolute atomic E-state index is 12.9. The van der Waals surface area contributed by atoms with E-state index in [1.807, 2.05) is 0 Å². The van der Waals surface area contributed by atoms with Gasteiger partial charge in [0.15, 0.2) is 0 Å². The summed E-state index contributed by atoms with van der Waals surface area (Å²) in [7, 11) is 1.28. The van der Waals surface area contributed by atoms with E-state index in [1.54, 1.807) is 30.3 Å². The van der Waals surface area contributed by atoms with Gasteiger partial charge in [-0.15, -0.1) is 0 Å². The van der Waals surface area contributed by atoms with Gasteiger partial charge in [0, 0.05) is 12.2 Å². The lowest BCUT2D eigenvalue weighted by molar-refractivity contribution is -0.134. The van der Waals surface area contributed by atoms with Gasteiger partial charge in [-0.05, 0) is 55.2 Å². The maximum Gasteiger partial charge on any atom is 0.337 e. The first-order valence-corrected chi connectivity index (χ1v) is 8.97. The van der Waals surface area contributed by atoms with E-state index in [0.717, 1.165) is 5.56 Å². The van der Waals surface area contributed by atoms with E-state index in [4.69, 9.17) is 0 Å². The second-order valence-corrected chi connectivity index (χ2v) is 6.74. The molecule has 2 aromatic rings. The van der Waals surface area contributed by atoms with E-state index in [9.17, 15) is 18.8 Å². The number of methoxy groups -OCH3 is 1. The standard InChI is InChI=1S/C21H21FN2O4/c1-28-18(25)15-3-2-4-17(13-15)24-20(27)21(10-11-21)19(26)23-12-9-14-5-7-16(22)8-6-14/h2-8,13H,9-12H2,1H3,(H,23,26)(H,24,27). The Morgan fingerprint density at radius 1 is 1.07 bits per heavy atom. The molecule has 2 N–H and O–H groups in total. The monoisotopic (exact) mass is 384 g/mol. The van der Waals surface area contributed by atoms with E-state index in [0.29, 0.717) is 37.1 Å². The van der Waals surface area contributed by atoms with Crippen LogP contribution in [-0.2, 0) is 20.7 Å². The summed E-state index contributed by atoms with van der Waals surface area (Å²) in [6, 6.07) is 12.4. The average Bonchev–Trinajstić information content (AvgIpc) is 3.51. The van der Waals surface area contributed by atoms with E-state index in [-0.39, 0.29) is 11.7 Å². The van der Waals surface area contributed by atoms with Crippen molar-refractivity contribution in [1.29, 1.82) is 0 Å². The summed E-state index contributed by atoms with van der Waals surface area (Å²) in [5.74, 6) is -1.53. The molecule has 7 heteroatoms. The van der Waals surface area contributed by atoms with Gasteiger partial charge in [0.25, 0.3) is 0 Å². The topological polar surface area (TPSA) is 84.5 Å². The van der Waals surface area contributed by atoms with Gasteiger partial charge in [-0.3, -0.25) is 9.59 Å². The Labute approximate surface area is 162 Å². The van der Waals surface area contributed by atoms with Crippen LogP contribution in [0, 0.1) is 11.2 Å². The molecule has 0 saturated heterocycles. The number of rotatable bonds is 7. The lowest BCUT2D eigenvalue weighted by Gasteiger charge is -2.16. The third-order valence-electron chi connectivity index (χ3n) is 4.77. The van der Waals surface area contributed by atoms with Crippen LogP contribution in [-0.4, -0.2) is 31.4 Å². The number of halogens is 1. The summed E-state index contributed by atoms with van der Waals surface area (Å²) in [5, 5.41) is 5.50. The Hall–Kier alpha value is -3.22. The van der Waals surface area contributed by atoms with Crippen molar-refractivity contribution in [3.05, 3.63) is 65.5 Å². The smallest absolute Gasteiger partial charge is 0.337 e. The lowest BCUT2D eigenvalue weighted by atomic mass is 10.0. The zero-order valence-electron chi connectivity index (χ0n) is 15.5. The summed E-state index contributed by atoms with van der Waals surface area (Å²) in [4.78, 5) is 36.8. The highest BCUT2D eigenvalue weighted by molar-refractivity contribution is 6.13. The van der Waals surface area contributed by atoms with E-state index >= 15 is 0 Å². The van der Waals surface area contributed by atoms with Crippen LogP contribution in [0.2, 0.25) is 0 Å². The quantitative estimate of drug-likeness (QED) is 0.568. The number of esters is 1. The number of carbonyl (C=O) groups excluding carboxylic acids is 3. The Bertz CT molecular complexity index is 892. The highest BCUT2D eigenvalue weighted by Gasteiger charge is 2.56. The number of nitrogens with one attached hydrogen (secondary N) is 2. The number of anilines is 1. The van der Waals surface area contributed by atoms with Crippen LogP contribution in [0.1, 0.15) is 28.8 Å². The highest BCUT2D eigenvalue weighted by atomic mass is 19.1. The minimum atomic E-state index is -1.08. The van der Waals surface area contributed by atoms with E-state index in [1.165, 1.54) is 25.3 Å². The molecule has 0 spiro atoms. The van der Waals surface area contributed by atoms with Gasteiger partial charge < -0.3 is 15.4 Å². The number of ether oxygens (including phenoxy) is 1. The van der Waals surface area contributed by atoms with Crippen molar-refractivity contribution >= 4 is 23.5 Å². The normalized spacial score (nSPS) is 14.1. The average molecular weight is 384 g/mol. The third kappa shape index (κ3) is 4.36. The van der Waals surface area contributed by atoms with Crippen LogP contribution >= 0.6 is 0 Å². The van der Waals surface area contributed by atoms with Crippen LogP contribution in [0.4, 0.5) is 10.1 Å². The van der Waals surface area contributed by atoms with Gasteiger partial charge in [0.1, 0.15) is 11.2 Å². The molecule has 0 aliphatic heterocycles. The fraction of sp³-hybridized carbons (Fsp3) is 0.286. The Kier molecular flexibility index (Phi) is 5.73. The summed E-state index contributed by atoms with van der Waals surface area (Å²) >= 11 is 0. The van der Waals surface area contributed by atoms with Gasteiger partial charge in [-0.25, -0.2) is 9.18 Å². The molecule has 0 atom stereocenters. The van der Waals surface area contributed by atoms with Crippen LogP contribution in [0.15, 0.2) is 48.5 Å². The van der Waals surface area contributed by atoms with E-state index in [2.05, 4.69) is 15.4 Å². The van der Waals surface area contributed by atoms with Crippen LogP contribution in [0.5, 0.6) is 0 Å². The van der Waals surface area contributed by atoms with Crippen molar-refractivity contribution in [3.63, 3.8) is 0 Å². The molecule has 1 aliphatic rings. The largest absolute Gasteiger partial charge is 0.465 e. The van der Waals surface area contributed by atoms with Gasteiger partial charge in [-0.2, -0.15) is 0 Å². The Morgan fingerprint density at radius 2 is 1.79 bits per heavy atom. The van der Waals surface area contributed by atoms with Crippen molar-refractivity contribution < 1.29 is 23.5 Å². The van der Waals surface area contributed by atoms with Crippen LogP contribution < -0.4 is 10.6 Å². The zero-order chi connectivity index (χ0) is 20.1. The second-order valence-electron chi connectivity index (χ2n) is 6.74. The summed E-state index contributed by atoms with van der Waals surface area (Å²) in [6.07, 6.45) is 1.49. The second kappa shape index (κ2) is 8.21.